The predicted octanol–water partition coefficient (Wildman–Crippen LogP) is 1.82. The zero-order valence-corrected chi connectivity index (χ0v) is 23.5. The van der Waals surface area contributed by atoms with Gasteiger partial charge in [-0.3, -0.25) is 0 Å². The molecular weight excluding hydrogens is 548 g/mol. The highest BCUT2D eigenvalue weighted by molar-refractivity contribution is 5.89. The molecule has 226 valence electrons. The van der Waals surface area contributed by atoms with Gasteiger partial charge >= 0.3 is 11.9 Å². The molecule has 2 heterocycles. The van der Waals surface area contributed by atoms with E-state index in [9.17, 15) is 24.9 Å². The highest BCUT2D eigenvalue weighted by atomic mass is 16.8. The highest BCUT2D eigenvalue weighted by Crippen LogP contribution is 2.75. The fourth-order valence-corrected chi connectivity index (χ4v) is 7.37. The maximum absolute atomic E-state index is 12.9. The van der Waals surface area contributed by atoms with Crippen molar-refractivity contribution in [3.05, 3.63) is 71.8 Å². The minimum Gasteiger partial charge on any atom is -0.461 e. The lowest BCUT2D eigenvalue weighted by molar-refractivity contribution is -0.389. The molecule has 4 bridgehead atoms. The molecular formula is C31H36O11. The van der Waals surface area contributed by atoms with Gasteiger partial charge in [0.05, 0.1) is 22.1 Å². The molecule has 11 nitrogen and oxygen atoms in total. The van der Waals surface area contributed by atoms with Gasteiger partial charge in [0.1, 0.15) is 43.2 Å². The van der Waals surface area contributed by atoms with Crippen molar-refractivity contribution in [1.29, 1.82) is 0 Å². The van der Waals surface area contributed by atoms with E-state index in [1.54, 1.807) is 54.6 Å². The number of hydrogen-bond acceptors (Lipinski definition) is 11. The van der Waals surface area contributed by atoms with E-state index in [-0.39, 0.29) is 19.1 Å². The Morgan fingerprint density at radius 1 is 0.905 bits per heavy atom. The van der Waals surface area contributed by atoms with Crippen LogP contribution in [0.2, 0.25) is 0 Å². The van der Waals surface area contributed by atoms with Crippen molar-refractivity contribution < 1.29 is 53.3 Å². The summed E-state index contributed by atoms with van der Waals surface area (Å²) in [6.45, 7) is 1.45. The molecule has 0 amide bonds. The molecule has 11 heteroatoms. The van der Waals surface area contributed by atoms with Gasteiger partial charge in [0.25, 0.3) is 0 Å². The Morgan fingerprint density at radius 3 is 2.14 bits per heavy atom. The number of aliphatic hydroxyl groups excluding tert-OH is 3. The molecule has 7 rings (SSSR count). The lowest BCUT2D eigenvalue weighted by Gasteiger charge is -2.67. The maximum Gasteiger partial charge on any atom is 0.338 e. The molecule has 3 N–H and O–H groups in total. The summed E-state index contributed by atoms with van der Waals surface area (Å²) in [6.07, 6.45) is -6.25. The monoisotopic (exact) mass is 584 g/mol. The van der Waals surface area contributed by atoms with Crippen LogP contribution in [0.4, 0.5) is 0 Å². The Kier molecular flexibility index (Phi) is 7.63. The van der Waals surface area contributed by atoms with Crippen LogP contribution in [0.3, 0.4) is 0 Å². The maximum atomic E-state index is 12.9. The van der Waals surface area contributed by atoms with Gasteiger partial charge in [-0.15, -0.1) is 0 Å². The number of carbonyl (C=O) groups is 2. The molecule has 2 saturated heterocycles. The van der Waals surface area contributed by atoms with Gasteiger partial charge in [-0.05, 0) is 56.4 Å². The van der Waals surface area contributed by atoms with E-state index in [0.717, 1.165) is 6.42 Å². The fourth-order valence-electron chi connectivity index (χ4n) is 7.37. The predicted molar refractivity (Wildman–Crippen MR) is 144 cm³/mol. The topological polar surface area (TPSA) is 150 Å². The number of benzene rings is 2. The summed E-state index contributed by atoms with van der Waals surface area (Å²) in [5, 5.41) is 32.4. The fraction of sp³-hybridized carbons (Fsp3) is 0.548. The lowest BCUT2D eigenvalue weighted by atomic mass is 9.41. The average molecular weight is 585 g/mol. The molecule has 2 aromatic carbocycles. The van der Waals surface area contributed by atoms with Gasteiger partial charge in [0, 0.05) is 7.11 Å². The summed E-state index contributed by atoms with van der Waals surface area (Å²) >= 11 is 0. The van der Waals surface area contributed by atoms with Crippen LogP contribution in [0.25, 0.3) is 0 Å². The number of hydrogen-bond donors (Lipinski definition) is 3. The van der Waals surface area contributed by atoms with Crippen molar-refractivity contribution in [2.45, 2.75) is 74.4 Å². The summed E-state index contributed by atoms with van der Waals surface area (Å²) < 4.78 is 36.0. The number of carbonyl (C=O) groups excluding carboxylic acids is 2. The first-order valence-corrected chi connectivity index (χ1v) is 14.2. The first kappa shape index (κ1) is 29.2. The van der Waals surface area contributed by atoms with Crippen molar-refractivity contribution in [2.75, 3.05) is 20.3 Å². The third-order valence-electron chi connectivity index (χ3n) is 9.67. The van der Waals surface area contributed by atoms with Crippen LogP contribution in [-0.2, 0) is 28.4 Å². The molecule has 0 spiro atoms. The molecule has 0 radical (unpaired) electrons. The third-order valence-corrected chi connectivity index (χ3v) is 9.67. The Hall–Kier alpha value is -2.90. The number of rotatable bonds is 9. The minimum absolute atomic E-state index is 0.0282. The molecule has 5 aliphatic rings. The van der Waals surface area contributed by atoms with Crippen LogP contribution in [0.5, 0.6) is 0 Å². The SMILES string of the molecule is CO[C@H]1O[C@@]2(C)CC[C@H]3C[C@]2(O[C@@H]2O[C@H](COC(=O)c4ccccc4)[C@@H](O)[C@H](O)[C@H]2O)[C@@]31COC(=O)c1ccccc1. The second-order valence-corrected chi connectivity index (χ2v) is 11.8. The molecule has 10 atom stereocenters. The van der Waals surface area contributed by atoms with Crippen LogP contribution in [-0.4, -0.2) is 95.8 Å². The van der Waals surface area contributed by atoms with Crippen LogP contribution in [0.15, 0.2) is 60.7 Å². The molecule has 3 saturated carbocycles. The molecule has 2 aliphatic heterocycles. The summed E-state index contributed by atoms with van der Waals surface area (Å²) in [4.78, 5) is 25.4. The van der Waals surface area contributed by atoms with Gasteiger partial charge in [-0.1, -0.05) is 36.4 Å². The second-order valence-electron chi connectivity index (χ2n) is 11.8. The van der Waals surface area contributed by atoms with Crippen molar-refractivity contribution in [1.82, 2.24) is 0 Å². The van der Waals surface area contributed by atoms with E-state index in [1.165, 1.54) is 7.11 Å². The molecule has 42 heavy (non-hydrogen) atoms. The number of esters is 2. The van der Waals surface area contributed by atoms with Crippen LogP contribution in [0.1, 0.15) is 46.9 Å². The Labute approximate surface area is 243 Å². The van der Waals surface area contributed by atoms with Crippen LogP contribution < -0.4 is 0 Å². The lowest BCUT2D eigenvalue weighted by Crippen LogP contribution is -2.78. The summed E-state index contributed by atoms with van der Waals surface area (Å²) in [5.74, 6) is -1.10. The second kappa shape index (κ2) is 11.0. The first-order chi connectivity index (χ1) is 20.2. The normalized spacial score (nSPS) is 40.2. The summed E-state index contributed by atoms with van der Waals surface area (Å²) in [5.41, 5.74) is -2.20. The van der Waals surface area contributed by atoms with Gasteiger partial charge in [0.2, 0.25) is 0 Å². The summed E-state index contributed by atoms with van der Waals surface area (Å²) in [7, 11) is 1.52. The average Bonchev–Trinajstić information content (AvgIpc) is 3.08. The van der Waals surface area contributed by atoms with Gasteiger partial charge in [-0.25, -0.2) is 9.59 Å². The van der Waals surface area contributed by atoms with Crippen molar-refractivity contribution >= 4 is 11.9 Å². The summed E-state index contributed by atoms with van der Waals surface area (Å²) in [6, 6.07) is 17.0. The van der Waals surface area contributed by atoms with Crippen molar-refractivity contribution in [3.8, 4) is 0 Å². The van der Waals surface area contributed by atoms with E-state index in [4.69, 9.17) is 28.4 Å². The van der Waals surface area contributed by atoms with Gasteiger partial charge in [0.15, 0.2) is 12.6 Å². The molecule has 3 aliphatic carbocycles. The van der Waals surface area contributed by atoms with Crippen molar-refractivity contribution in [2.24, 2.45) is 11.3 Å². The van der Waals surface area contributed by atoms with E-state index in [0.29, 0.717) is 24.0 Å². The minimum atomic E-state index is -1.64. The smallest absolute Gasteiger partial charge is 0.338 e. The van der Waals surface area contributed by atoms with Gasteiger partial charge in [-0.2, -0.15) is 0 Å². The van der Waals surface area contributed by atoms with Gasteiger partial charge < -0.3 is 43.7 Å². The number of aliphatic hydroxyl groups is 3. The van der Waals surface area contributed by atoms with Crippen LogP contribution in [0, 0.1) is 11.3 Å². The van der Waals surface area contributed by atoms with Crippen LogP contribution >= 0.6 is 0 Å². The Bertz CT molecular complexity index is 1290. The third kappa shape index (κ3) is 4.38. The Morgan fingerprint density at radius 2 is 1.52 bits per heavy atom. The molecule has 0 aromatic heterocycles. The zero-order chi connectivity index (χ0) is 29.7. The largest absolute Gasteiger partial charge is 0.461 e. The van der Waals surface area contributed by atoms with E-state index in [1.807, 2.05) is 13.0 Å². The first-order valence-electron chi connectivity index (χ1n) is 14.2. The molecule has 5 fully saturated rings. The number of methoxy groups -OCH3 is 1. The standard InChI is InChI=1S/C31H36O11/c1-29-14-13-20-15-31(29,30(20,28(37-2)42-29)17-39-26(36)19-11-7-4-8-12-19)41-27-24(34)23(33)22(32)21(40-27)16-38-25(35)18-9-5-3-6-10-18/h3-12,20-24,27-28,32-34H,13-17H2,1-2H3/t20-,21+,22+,23-,24+,27-,28-,29-,30-,31+/m0/s1. The number of ether oxygens (including phenoxy) is 6. The van der Waals surface area contributed by atoms with Crippen molar-refractivity contribution in [3.63, 3.8) is 0 Å². The highest BCUT2D eigenvalue weighted by Gasteiger charge is 2.85. The number of fused-ring (bicyclic) bond motifs is 1. The quantitative estimate of drug-likeness (QED) is 0.371. The zero-order valence-electron chi connectivity index (χ0n) is 23.5. The molecule has 0 unspecified atom stereocenters. The molecule has 2 aromatic rings. The Balaban J connectivity index is 1.23. The van der Waals surface area contributed by atoms with E-state index in [2.05, 4.69) is 0 Å². The van der Waals surface area contributed by atoms with E-state index >= 15 is 0 Å². The van der Waals surface area contributed by atoms with E-state index < -0.39 is 65.6 Å².